The number of benzene rings is 1. The van der Waals surface area contributed by atoms with Gasteiger partial charge in [0, 0.05) is 13.3 Å². The van der Waals surface area contributed by atoms with Crippen molar-refractivity contribution in [3.8, 4) is 11.5 Å². The second kappa shape index (κ2) is 7.69. The van der Waals surface area contributed by atoms with Gasteiger partial charge < -0.3 is 19.9 Å². The Morgan fingerprint density at radius 2 is 1.89 bits per heavy atom. The van der Waals surface area contributed by atoms with Gasteiger partial charge in [0.2, 0.25) is 11.5 Å². The smallest absolute Gasteiger partial charge is 0.290 e. The number of carbonyl (C=O) groups excluding carboxylic acids is 3. The highest BCUT2D eigenvalue weighted by Crippen LogP contribution is 2.24. The van der Waals surface area contributed by atoms with Crippen molar-refractivity contribution in [1.82, 2.24) is 10.3 Å². The summed E-state index contributed by atoms with van der Waals surface area (Å²) in [6.07, 6.45) is 1.55. The third kappa shape index (κ3) is 4.12. The van der Waals surface area contributed by atoms with Crippen LogP contribution in [0.3, 0.4) is 0 Å². The molecule has 3 aromatic rings. The largest absolute Gasteiger partial charge is 0.463 e. The fourth-order valence-corrected chi connectivity index (χ4v) is 2.62. The number of Topliss-reactive ketones (excluding diaryl/α,β-unsaturated/α-hetero) is 1. The van der Waals surface area contributed by atoms with Crippen LogP contribution in [0.25, 0.3) is 11.5 Å². The van der Waals surface area contributed by atoms with Gasteiger partial charge in [-0.3, -0.25) is 14.4 Å². The molecule has 27 heavy (non-hydrogen) atoms. The van der Waals surface area contributed by atoms with Gasteiger partial charge in [-0.1, -0.05) is 30.3 Å². The van der Waals surface area contributed by atoms with Gasteiger partial charge in [-0.15, -0.1) is 0 Å². The first-order valence-electron chi connectivity index (χ1n) is 8.15. The van der Waals surface area contributed by atoms with Crippen LogP contribution in [0.1, 0.15) is 22.0 Å². The van der Waals surface area contributed by atoms with Crippen molar-refractivity contribution < 1.29 is 23.2 Å². The number of nitrogens with two attached hydrogens (primary N) is 1. The van der Waals surface area contributed by atoms with E-state index in [0.717, 1.165) is 5.56 Å². The molecule has 1 unspecified atom stereocenters. The summed E-state index contributed by atoms with van der Waals surface area (Å²) in [5, 5.41) is 2.51. The Morgan fingerprint density at radius 1 is 1.15 bits per heavy atom. The Kier molecular flexibility index (Phi) is 5.16. The van der Waals surface area contributed by atoms with Crippen LogP contribution in [0.2, 0.25) is 0 Å². The lowest BCUT2D eigenvalue weighted by molar-refractivity contribution is -0.137. The van der Waals surface area contributed by atoms with Crippen molar-refractivity contribution in [3.63, 3.8) is 0 Å². The zero-order valence-electron chi connectivity index (χ0n) is 14.5. The lowest BCUT2D eigenvalue weighted by Gasteiger charge is -2.15. The van der Waals surface area contributed by atoms with Gasteiger partial charge in [0.15, 0.2) is 17.3 Å². The van der Waals surface area contributed by atoms with Gasteiger partial charge >= 0.3 is 0 Å². The number of ketones is 1. The molecular formula is C19H17N3O5. The number of aryl methyl sites for hydroxylation is 1. The summed E-state index contributed by atoms with van der Waals surface area (Å²) < 4.78 is 10.6. The van der Waals surface area contributed by atoms with E-state index in [-0.39, 0.29) is 23.8 Å². The molecule has 0 aliphatic rings. The Morgan fingerprint density at radius 3 is 2.52 bits per heavy atom. The number of nitrogens with one attached hydrogen (secondary N) is 1. The highest BCUT2D eigenvalue weighted by atomic mass is 16.4. The molecule has 0 saturated carbocycles. The number of nitrogens with zero attached hydrogens (tertiary/aromatic N) is 1. The van der Waals surface area contributed by atoms with Gasteiger partial charge in [0.1, 0.15) is 6.04 Å². The number of amides is 2. The van der Waals surface area contributed by atoms with E-state index in [9.17, 15) is 14.4 Å². The maximum absolute atomic E-state index is 12.7. The van der Waals surface area contributed by atoms with E-state index in [2.05, 4.69) is 10.3 Å². The molecule has 2 aromatic heterocycles. The summed E-state index contributed by atoms with van der Waals surface area (Å²) in [5.74, 6) is -2.24. The molecule has 2 heterocycles. The van der Waals surface area contributed by atoms with Crippen LogP contribution in [-0.4, -0.2) is 28.6 Å². The van der Waals surface area contributed by atoms with E-state index < -0.39 is 23.6 Å². The maximum Gasteiger partial charge on any atom is 0.290 e. The third-order valence-corrected chi connectivity index (χ3v) is 3.84. The minimum absolute atomic E-state index is 0.109. The lowest BCUT2D eigenvalue weighted by Crippen LogP contribution is -2.47. The summed E-state index contributed by atoms with van der Waals surface area (Å²) in [6, 6.07) is 11.1. The fourth-order valence-electron chi connectivity index (χ4n) is 2.62. The molecule has 0 bridgehead atoms. The number of furan rings is 1. The van der Waals surface area contributed by atoms with Crippen molar-refractivity contribution in [2.24, 2.45) is 5.73 Å². The van der Waals surface area contributed by atoms with Crippen LogP contribution < -0.4 is 11.1 Å². The fraction of sp³-hybridized carbons (Fsp3) is 0.158. The molecule has 2 amide bonds. The predicted octanol–water partition coefficient (Wildman–Crippen LogP) is 1.64. The SMILES string of the molecule is Cc1nc(-c2ccco2)c(C(=O)NC(Cc2ccccc2)C(=O)C(N)=O)o1. The topological polar surface area (TPSA) is 128 Å². The molecule has 138 valence electrons. The molecule has 3 rings (SSSR count). The van der Waals surface area contributed by atoms with E-state index in [1.165, 1.54) is 6.26 Å². The molecule has 0 aliphatic carbocycles. The Bertz CT molecular complexity index is 961. The van der Waals surface area contributed by atoms with Crippen LogP contribution in [0, 0.1) is 6.92 Å². The Balaban J connectivity index is 1.87. The van der Waals surface area contributed by atoms with Crippen LogP contribution in [0.5, 0.6) is 0 Å². The highest BCUT2D eigenvalue weighted by Gasteiger charge is 2.29. The van der Waals surface area contributed by atoms with E-state index >= 15 is 0 Å². The standard InChI is InChI=1S/C19H17N3O5/c1-11-21-15(14-8-5-9-26-14)17(27-11)19(25)22-13(16(23)18(20)24)10-12-6-3-2-4-7-12/h2-9,13H,10H2,1H3,(H2,20,24)(H,22,25). The molecule has 0 saturated heterocycles. The van der Waals surface area contributed by atoms with E-state index in [0.29, 0.717) is 5.76 Å². The predicted molar refractivity (Wildman–Crippen MR) is 94.5 cm³/mol. The molecule has 0 fully saturated rings. The van der Waals surface area contributed by atoms with E-state index in [4.69, 9.17) is 14.6 Å². The molecule has 3 N–H and O–H groups in total. The number of aromatic nitrogens is 1. The molecular weight excluding hydrogens is 350 g/mol. The summed E-state index contributed by atoms with van der Waals surface area (Å²) in [5.41, 5.74) is 6.10. The highest BCUT2D eigenvalue weighted by molar-refractivity contribution is 6.38. The average molecular weight is 367 g/mol. The van der Waals surface area contributed by atoms with Gasteiger partial charge in [-0.05, 0) is 17.7 Å². The number of primary amides is 1. The molecule has 8 nitrogen and oxygen atoms in total. The molecule has 0 aliphatic heterocycles. The molecule has 0 radical (unpaired) electrons. The maximum atomic E-state index is 12.7. The Labute approximate surface area is 154 Å². The average Bonchev–Trinajstić information content (AvgIpc) is 3.30. The van der Waals surface area contributed by atoms with E-state index in [1.54, 1.807) is 43.3 Å². The second-order valence-electron chi connectivity index (χ2n) is 5.83. The van der Waals surface area contributed by atoms with Gasteiger partial charge in [0.25, 0.3) is 11.8 Å². The van der Waals surface area contributed by atoms with Crippen LogP contribution in [0.15, 0.2) is 57.6 Å². The number of oxazole rings is 1. The molecule has 8 heteroatoms. The minimum atomic E-state index is -1.13. The van der Waals surface area contributed by atoms with Gasteiger partial charge in [-0.25, -0.2) is 4.98 Å². The second-order valence-corrected chi connectivity index (χ2v) is 5.83. The van der Waals surface area contributed by atoms with Crippen molar-refractivity contribution in [1.29, 1.82) is 0 Å². The monoisotopic (exact) mass is 367 g/mol. The number of hydrogen-bond donors (Lipinski definition) is 2. The van der Waals surface area contributed by atoms with Gasteiger partial charge in [0.05, 0.1) is 6.26 Å². The zero-order chi connectivity index (χ0) is 19.4. The zero-order valence-corrected chi connectivity index (χ0v) is 14.5. The number of carbonyl (C=O) groups is 3. The number of rotatable bonds is 7. The summed E-state index contributed by atoms with van der Waals surface area (Å²) in [4.78, 5) is 40.4. The van der Waals surface area contributed by atoms with Crippen molar-refractivity contribution in [2.75, 3.05) is 0 Å². The minimum Gasteiger partial charge on any atom is -0.463 e. The van der Waals surface area contributed by atoms with Crippen LogP contribution >= 0.6 is 0 Å². The van der Waals surface area contributed by atoms with Crippen molar-refractivity contribution in [3.05, 3.63) is 65.9 Å². The quantitative estimate of drug-likeness (QED) is 0.611. The summed E-state index contributed by atoms with van der Waals surface area (Å²) in [7, 11) is 0. The number of hydrogen-bond acceptors (Lipinski definition) is 6. The molecule has 0 spiro atoms. The Hall–Kier alpha value is -3.68. The van der Waals surface area contributed by atoms with Crippen molar-refractivity contribution >= 4 is 17.6 Å². The van der Waals surface area contributed by atoms with E-state index in [1.807, 2.05) is 6.07 Å². The third-order valence-electron chi connectivity index (χ3n) is 3.84. The summed E-state index contributed by atoms with van der Waals surface area (Å²) in [6.45, 7) is 1.58. The molecule has 1 aromatic carbocycles. The van der Waals surface area contributed by atoms with Crippen molar-refractivity contribution in [2.45, 2.75) is 19.4 Å². The first-order valence-corrected chi connectivity index (χ1v) is 8.15. The first kappa shape index (κ1) is 18.1. The lowest BCUT2D eigenvalue weighted by atomic mass is 10.0. The molecule has 1 atom stereocenters. The normalized spacial score (nSPS) is 11.7. The van der Waals surface area contributed by atoms with Gasteiger partial charge in [-0.2, -0.15) is 0 Å². The van der Waals surface area contributed by atoms with Crippen LogP contribution in [-0.2, 0) is 16.0 Å². The van der Waals surface area contributed by atoms with Crippen LogP contribution in [0.4, 0.5) is 0 Å². The first-order chi connectivity index (χ1) is 13.0. The summed E-state index contributed by atoms with van der Waals surface area (Å²) >= 11 is 0.